The molecule has 0 radical (unpaired) electrons. The summed E-state index contributed by atoms with van der Waals surface area (Å²) in [5.74, 6) is -0.607. The lowest BCUT2D eigenvalue weighted by Crippen LogP contribution is -2.25. The third kappa shape index (κ3) is 10.4. The Labute approximate surface area is 207 Å². The van der Waals surface area contributed by atoms with E-state index in [4.69, 9.17) is 15.2 Å². The van der Waals surface area contributed by atoms with E-state index in [9.17, 15) is 9.59 Å². The van der Waals surface area contributed by atoms with Gasteiger partial charge in [-0.3, -0.25) is 4.79 Å². The van der Waals surface area contributed by atoms with Gasteiger partial charge in [-0.15, -0.1) is 0 Å². The monoisotopic (exact) mass is 473 g/mol. The molecule has 34 heavy (non-hydrogen) atoms. The number of Topliss-reactive ketones (excluding diaryl/α,β-unsaturated/α-hetero) is 1. The first-order valence-electron chi connectivity index (χ1n) is 12.6. The smallest absolute Gasteiger partial charge is 0.335 e. The lowest BCUT2D eigenvalue weighted by atomic mass is 9.75. The standard InChI is InChI=1S/C24H32O4.C3H8.C2H7N/c1-6-17(3)22(24(26)28-15-14-27-5)23(19-12-10-16(2)11-13-19)21-18(4)8-7-9-20(21)25;1-3-2;1-2-3/h10-13,23H,6-9,14-15H2,1-5H3;3H2,1-2H3;2-3H2,1H3/b22-17-;;. The molecule has 5 heteroatoms. The van der Waals surface area contributed by atoms with Gasteiger partial charge in [0.15, 0.2) is 5.78 Å². The summed E-state index contributed by atoms with van der Waals surface area (Å²) in [6.45, 7) is 15.5. The normalized spacial score (nSPS) is 14.8. The number of carbonyl (C=O) groups excluding carboxylic acids is 2. The Hall–Kier alpha value is -2.24. The fourth-order valence-electron chi connectivity index (χ4n) is 3.69. The van der Waals surface area contributed by atoms with Gasteiger partial charge in [0.05, 0.1) is 6.61 Å². The van der Waals surface area contributed by atoms with Gasteiger partial charge < -0.3 is 15.2 Å². The zero-order valence-electron chi connectivity index (χ0n) is 22.8. The molecule has 0 heterocycles. The lowest BCUT2D eigenvalue weighted by Gasteiger charge is -2.28. The minimum absolute atomic E-state index is 0.139. The Bertz CT molecular complexity index is 804. The van der Waals surface area contributed by atoms with E-state index in [1.54, 1.807) is 7.11 Å². The first-order valence-corrected chi connectivity index (χ1v) is 12.6. The average Bonchev–Trinajstić information content (AvgIpc) is 2.80. The van der Waals surface area contributed by atoms with Crippen LogP contribution in [0, 0.1) is 6.92 Å². The molecular formula is C29H47NO4. The van der Waals surface area contributed by atoms with Gasteiger partial charge in [-0.2, -0.15) is 0 Å². The van der Waals surface area contributed by atoms with Crippen LogP contribution in [0.25, 0.3) is 0 Å². The maximum atomic E-state index is 13.1. The van der Waals surface area contributed by atoms with Gasteiger partial charge in [0, 0.05) is 30.6 Å². The van der Waals surface area contributed by atoms with Gasteiger partial charge in [-0.1, -0.05) is 75.1 Å². The molecule has 1 aliphatic carbocycles. The summed E-state index contributed by atoms with van der Waals surface area (Å²) in [7, 11) is 1.58. The van der Waals surface area contributed by atoms with E-state index in [0.717, 1.165) is 53.7 Å². The molecule has 5 nitrogen and oxygen atoms in total. The molecule has 0 saturated heterocycles. The van der Waals surface area contributed by atoms with Gasteiger partial charge >= 0.3 is 5.97 Å². The van der Waals surface area contributed by atoms with Crippen molar-refractivity contribution in [1.82, 2.24) is 0 Å². The molecule has 0 fully saturated rings. The van der Waals surface area contributed by atoms with Gasteiger partial charge in [0.25, 0.3) is 0 Å². The quantitative estimate of drug-likeness (QED) is 0.267. The number of allylic oxidation sites excluding steroid dienone is 3. The number of benzene rings is 1. The van der Waals surface area contributed by atoms with Crippen molar-refractivity contribution in [3.8, 4) is 0 Å². The Morgan fingerprint density at radius 2 is 1.59 bits per heavy atom. The average molecular weight is 474 g/mol. The first-order chi connectivity index (χ1) is 16.2. The van der Waals surface area contributed by atoms with Gasteiger partial charge in [-0.05, 0) is 52.1 Å². The van der Waals surface area contributed by atoms with Crippen molar-refractivity contribution in [3.05, 3.63) is 57.7 Å². The third-order valence-corrected chi connectivity index (χ3v) is 5.43. The van der Waals surface area contributed by atoms with Crippen molar-refractivity contribution in [2.24, 2.45) is 5.73 Å². The van der Waals surface area contributed by atoms with Crippen LogP contribution in [0.4, 0.5) is 0 Å². The van der Waals surface area contributed by atoms with Crippen LogP contribution >= 0.6 is 0 Å². The number of ketones is 1. The van der Waals surface area contributed by atoms with Crippen molar-refractivity contribution < 1.29 is 19.1 Å². The fourth-order valence-corrected chi connectivity index (χ4v) is 3.69. The molecule has 1 unspecified atom stereocenters. The van der Waals surface area contributed by atoms with Gasteiger partial charge in [0.1, 0.15) is 6.61 Å². The number of hydrogen-bond donors (Lipinski definition) is 1. The van der Waals surface area contributed by atoms with Crippen LogP contribution in [0.2, 0.25) is 0 Å². The Morgan fingerprint density at radius 3 is 2.06 bits per heavy atom. The van der Waals surface area contributed by atoms with Crippen LogP contribution in [-0.4, -0.2) is 38.6 Å². The number of ether oxygens (including phenoxy) is 2. The summed E-state index contributed by atoms with van der Waals surface area (Å²) in [6.07, 6.45) is 4.27. The van der Waals surface area contributed by atoms with Crippen LogP contribution < -0.4 is 5.73 Å². The fraction of sp³-hybridized carbons (Fsp3) is 0.586. The topological polar surface area (TPSA) is 78.6 Å². The molecule has 0 bridgehead atoms. The van der Waals surface area contributed by atoms with E-state index < -0.39 is 0 Å². The summed E-state index contributed by atoms with van der Waals surface area (Å²) in [5, 5.41) is 0. The van der Waals surface area contributed by atoms with E-state index in [2.05, 4.69) is 13.8 Å². The van der Waals surface area contributed by atoms with Crippen LogP contribution in [0.15, 0.2) is 46.6 Å². The molecule has 1 aliphatic rings. The number of carbonyl (C=O) groups is 2. The van der Waals surface area contributed by atoms with Crippen molar-refractivity contribution in [1.29, 1.82) is 0 Å². The number of aryl methyl sites for hydroxylation is 1. The van der Waals surface area contributed by atoms with Gasteiger partial charge in [0.2, 0.25) is 0 Å². The van der Waals surface area contributed by atoms with Crippen molar-refractivity contribution in [2.75, 3.05) is 26.9 Å². The zero-order chi connectivity index (χ0) is 26.1. The molecule has 192 valence electrons. The Morgan fingerprint density at radius 1 is 1.03 bits per heavy atom. The summed E-state index contributed by atoms with van der Waals surface area (Å²) in [4.78, 5) is 26.0. The third-order valence-electron chi connectivity index (χ3n) is 5.43. The number of rotatable bonds is 8. The predicted molar refractivity (Wildman–Crippen MR) is 142 cm³/mol. The summed E-state index contributed by atoms with van der Waals surface area (Å²) in [6, 6.07) is 8.10. The zero-order valence-corrected chi connectivity index (χ0v) is 22.8. The number of esters is 1. The van der Waals surface area contributed by atoms with Crippen molar-refractivity contribution in [3.63, 3.8) is 0 Å². The first kappa shape index (κ1) is 31.8. The minimum atomic E-state index is -0.386. The van der Waals surface area contributed by atoms with Crippen LogP contribution in [0.3, 0.4) is 0 Å². The molecule has 2 N–H and O–H groups in total. The Kier molecular flexibility index (Phi) is 16.9. The molecular weight excluding hydrogens is 426 g/mol. The van der Waals surface area contributed by atoms with E-state index in [1.165, 1.54) is 6.42 Å². The second-order valence-corrected chi connectivity index (χ2v) is 8.61. The number of methoxy groups -OCH3 is 1. The highest BCUT2D eigenvalue weighted by molar-refractivity contribution is 6.02. The van der Waals surface area contributed by atoms with Crippen LogP contribution in [0.1, 0.15) is 90.7 Å². The molecule has 0 saturated carbocycles. The highest BCUT2D eigenvalue weighted by atomic mass is 16.6. The summed E-state index contributed by atoms with van der Waals surface area (Å²) in [5.41, 5.74) is 10.3. The lowest BCUT2D eigenvalue weighted by molar-refractivity contribution is -0.140. The highest BCUT2D eigenvalue weighted by Gasteiger charge is 2.34. The Balaban J connectivity index is 0.00000164. The molecule has 0 spiro atoms. The maximum Gasteiger partial charge on any atom is 0.335 e. The molecule has 0 aliphatic heterocycles. The van der Waals surface area contributed by atoms with E-state index in [-0.39, 0.29) is 24.3 Å². The molecule has 0 amide bonds. The molecule has 1 aromatic carbocycles. The summed E-state index contributed by atoms with van der Waals surface area (Å²) >= 11 is 0. The highest BCUT2D eigenvalue weighted by Crippen LogP contribution is 2.40. The van der Waals surface area contributed by atoms with E-state index in [1.807, 2.05) is 58.9 Å². The molecule has 0 aromatic heterocycles. The number of nitrogens with two attached hydrogens (primary N) is 1. The minimum Gasteiger partial charge on any atom is -0.460 e. The van der Waals surface area contributed by atoms with E-state index >= 15 is 0 Å². The van der Waals surface area contributed by atoms with E-state index in [0.29, 0.717) is 18.6 Å². The van der Waals surface area contributed by atoms with Crippen LogP contribution in [0.5, 0.6) is 0 Å². The second kappa shape index (κ2) is 18.1. The summed E-state index contributed by atoms with van der Waals surface area (Å²) < 4.78 is 10.5. The largest absolute Gasteiger partial charge is 0.460 e. The number of hydrogen-bond acceptors (Lipinski definition) is 5. The molecule has 1 atom stereocenters. The second-order valence-electron chi connectivity index (χ2n) is 8.61. The SMILES string of the molecule is CC/C(C)=C(\C(=O)OCCOC)C(C1=C(C)CCCC1=O)c1ccc(C)cc1.CCC.CCN. The maximum absolute atomic E-state index is 13.1. The van der Waals surface area contributed by atoms with Gasteiger partial charge in [-0.25, -0.2) is 4.79 Å². The molecule has 2 rings (SSSR count). The van der Waals surface area contributed by atoms with Crippen LogP contribution in [-0.2, 0) is 19.1 Å². The predicted octanol–water partition coefficient (Wildman–Crippen LogP) is 6.45. The van der Waals surface area contributed by atoms with Crippen molar-refractivity contribution in [2.45, 2.75) is 86.5 Å². The molecule has 1 aromatic rings. The van der Waals surface area contributed by atoms with Crippen molar-refractivity contribution >= 4 is 11.8 Å².